The average Bonchev–Trinajstić information content (AvgIpc) is 3.07. The van der Waals surface area contributed by atoms with Crippen LogP contribution in [0.4, 0.5) is 4.39 Å². The first-order valence-electron chi connectivity index (χ1n) is 7.97. The maximum Gasteiger partial charge on any atom is 0.300 e. The van der Waals surface area contributed by atoms with Crippen LogP contribution in [0.2, 0.25) is 0 Å². The number of halogens is 1. The number of rotatable bonds is 4. The number of carbonyl (C=O) groups excluding carboxylic acids is 1. The van der Waals surface area contributed by atoms with Crippen LogP contribution >= 0.6 is 11.3 Å². The van der Waals surface area contributed by atoms with Crippen molar-refractivity contribution in [3.63, 3.8) is 0 Å². The van der Waals surface area contributed by atoms with E-state index in [1.54, 1.807) is 0 Å². The summed E-state index contributed by atoms with van der Waals surface area (Å²) in [5.41, 5.74) is 0. The van der Waals surface area contributed by atoms with Crippen LogP contribution in [-0.2, 0) is 0 Å². The molecular formula is C16H17FN4O2S. The second-order valence-electron chi connectivity index (χ2n) is 6.15. The lowest BCUT2D eigenvalue weighted by Gasteiger charge is -2.44. The van der Waals surface area contributed by atoms with Gasteiger partial charge in [-0.2, -0.15) is 0 Å². The number of hydrogen-bond acceptors (Lipinski definition) is 6. The summed E-state index contributed by atoms with van der Waals surface area (Å²) in [6.07, 6.45) is 2.28. The summed E-state index contributed by atoms with van der Waals surface area (Å²) >= 11 is 1.08. The van der Waals surface area contributed by atoms with Gasteiger partial charge in [-0.3, -0.25) is 4.79 Å². The van der Waals surface area contributed by atoms with Crippen LogP contribution in [0.1, 0.15) is 22.6 Å². The van der Waals surface area contributed by atoms with E-state index < -0.39 is 0 Å². The number of carbonyl (C=O) groups is 1. The van der Waals surface area contributed by atoms with Crippen molar-refractivity contribution in [1.82, 2.24) is 20.4 Å². The highest BCUT2D eigenvalue weighted by atomic mass is 32.1. The molecule has 0 aliphatic carbocycles. The van der Waals surface area contributed by atoms with Crippen molar-refractivity contribution in [1.29, 1.82) is 0 Å². The lowest BCUT2D eigenvalue weighted by Crippen LogP contribution is -2.57. The molecule has 0 radical (unpaired) electrons. The van der Waals surface area contributed by atoms with Gasteiger partial charge in [0.05, 0.1) is 0 Å². The molecule has 2 aromatic rings. The molecule has 0 saturated carbocycles. The molecule has 3 aliphatic heterocycles. The molecule has 3 saturated heterocycles. The van der Waals surface area contributed by atoms with Gasteiger partial charge in [-0.1, -0.05) is 5.10 Å². The molecule has 1 unspecified atom stereocenters. The van der Waals surface area contributed by atoms with Crippen LogP contribution in [0, 0.1) is 11.7 Å². The third-order valence-electron chi connectivity index (χ3n) is 4.59. The molecule has 1 amide bonds. The van der Waals surface area contributed by atoms with E-state index in [-0.39, 0.29) is 28.0 Å². The van der Waals surface area contributed by atoms with Crippen LogP contribution in [0.3, 0.4) is 0 Å². The topological polar surface area (TPSA) is 67.4 Å². The number of ether oxygens (including phenoxy) is 1. The maximum absolute atomic E-state index is 12.9. The molecule has 5 rings (SSSR count). The molecule has 1 aromatic carbocycles. The molecule has 126 valence electrons. The minimum atomic E-state index is -0.336. The summed E-state index contributed by atoms with van der Waals surface area (Å²) in [6.45, 7) is 3.17. The highest BCUT2D eigenvalue weighted by molar-refractivity contribution is 7.15. The molecule has 4 heterocycles. The quantitative estimate of drug-likeness (QED) is 0.918. The van der Waals surface area contributed by atoms with Crippen LogP contribution in [0.15, 0.2) is 24.3 Å². The van der Waals surface area contributed by atoms with Gasteiger partial charge in [-0.25, -0.2) is 4.39 Å². The molecule has 2 bridgehead atoms. The number of aromatic nitrogens is 2. The van der Waals surface area contributed by atoms with Gasteiger partial charge < -0.3 is 15.0 Å². The summed E-state index contributed by atoms with van der Waals surface area (Å²) in [7, 11) is 0. The average molecular weight is 348 g/mol. The van der Waals surface area contributed by atoms with Crippen molar-refractivity contribution in [3.05, 3.63) is 35.1 Å². The van der Waals surface area contributed by atoms with Gasteiger partial charge >= 0.3 is 0 Å². The zero-order chi connectivity index (χ0) is 16.5. The highest BCUT2D eigenvalue weighted by Gasteiger charge is 2.35. The van der Waals surface area contributed by atoms with E-state index in [1.165, 1.54) is 24.3 Å². The first-order valence-corrected chi connectivity index (χ1v) is 8.79. The molecule has 1 atom stereocenters. The summed E-state index contributed by atoms with van der Waals surface area (Å²) in [5.74, 6) is 0.469. The lowest BCUT2D eigenvalue weighted by molar-refractivity contribution is 0.0620. The van der Waals surface area contributed by atoms with E-state index in [0.717, 1.165) is 43.8 Å². The van der Waals surface area contributed by atoms with Gasteiger partial charge in [0.1, 0.15) is 11.6 Å². The number of hydrogen-bond donors (Lipinski definition) is 1. The molecular weight excluding hydrogens is 331 g/mol. The maximum atomic E-state index is 12.9. The number of amides is 1. The monoisotopic (exact) mass is 348 g/mol. The summed E-state index contributed by atoms with van der Waals surface area (Å²) in [6, 6.07) is 5.80. The first kappa shape index (κ1) is 15.5. The Hall–Kier alpha value is -2.06. The van der Waals surface area contributed by atoms with Crippen LogP contribution in [0.25, 0.3) is 0 Å². The van der Waals surface area contributed by atoms with Crippen LogP contribution in [0.5, 0.6) is 10.9 Å². The third-order valence-corrected chi connectivity index (χ3v) is 5.39. The fraction of sp³-hybridized carbons (Fsp3) is 0.438. The molecule has 24 heavy (non-hydrogen) atoms. The Morgan fingerprint density at radius 3 is 2.67 bits per heavy atom. The third kappa shape index (κ3) is 3.25. The van der Waals surface area contributed by atoms with E-state index in [1.807, 2.05) is 0 Å². The lowest BCUT2D eigenvalue weighted by atomic mass is 9.84. The van der Waals surface area contributed by atoms with E-state index >= 15 is 0 Å². The Kier molecular flexibility index (Phi) is 4.15. The molecule has 0 spiro atoms. The van der Waals surface area contributed by atoms with Crippen molar-refractivity contribution in [2.75, 3.05) is 19.6 Å². The number of benzene rings is 1. The van der Waals surface area contributed by atoms with E-state index in [4.69, 9.17) is 4.74 Å². The molecule has 8 heteroatoms. The van der Waals surface area contributed by atoms with Crippen LogP contribution in [-0.4, -0.2) is 46.7 Å². The van der Waals surface area contributed by atoms with Gasteiger partial charge in [-0.05, 0) is 67.5 Å². The summed E-state index contributed by atoms with van der Waals surface area (Å²) in [5, 5.41) is 11.4. The minimum absolute atomic E-state index is 0.186. The molecule has 1 aromatic heterocycles. The van der Waals surface area contributed by atoms with Gasteiger partial charge in [0.2, 0.25) is 5.01 Å². The molecule has 6 nitrogen and oxygen atoms in total. The predicted molar refractivity (Wildman–Crippen MR) is 86.8 cm³/mol. The van der Waals surface area contributed by atoms with Gasteiger partial charge in [-0.15, -0.1) is 5.10 Å². The normalized spacial score (nSPS) is 25.5. The van der Waals surface area contributed by atoms with Crippen molar-refractivity contribution >= 4 is 17.2 Å². The van der Waals surface area contributed by atoms with Gasteiger partial charge in [0.25, 0.3) is 11.1 Å². The van der Waals surface area contributed by atoms with Crippen molar-refractivity contribution < 1.29 is 13.9 Å². The molecule has 1 N–H and O–H groups in total. The largest absolute Gasteiger partial charge is 0.430 e. The van der Waals surface area contributed by atoms with Gasteiger partial charge in [0.15, 0.2) is 0 Å². The van der Waals surface area contributed by atoms with Crippen molar-refractivity contribution in [2.24, 2.45) is 5.92 Å². The highest BCUT2D eigenvalue weighted by Crippen LogP contribution is 2.29. The summed E-state index contributed by atoms with van der Waals surface area (Å²) < 4.78 is 18.4. The number of fused-ring (bicyclic) bond motifs is 3. The molecule has 3 aliphatic rings. The number of piperidine rings is 3. The Morgan fingerprint density at radius 1 is 1.25 bits per heavy atom. The standard InChI is InChI=1S/C16H17FN4O2S/c17-11-1-3-12(4-2-11)23-16-20-19-15(24-16)14(22)18-13-9-21-7-5-10(13)6-8-21/h1-4,10,13H,5-9H2,(H,18,22). The SMILES string of the molecule is O=C(NC1CN2CCC1CC2)c1nnc(Oc2ccc(F)cc2)s1. The second-order valence-corrected chi connectivity index (χ2v) is 7.09. The first-order chi connectivity index (χ1) is 11.7. The summed E-state index contributed by atoms with van der Waals surface area (Å²) in [4.78, 5) is 14.8. The minimum Gasteiger partial charge on any atom is -0.430 e. The zero-order valence-corrected chi connectivity index (χ0v) is 13.8. The Labute approximate surface area is 142 Å². The van der Waals surface area contributed by atoms with E-state index in [2.05, 4.69) is 20.4 Å². The van der Waals surface area contributed by atoms with Crippen LogP contribution < -0.4 is 10.1 Å². The Bertz CT molecular complexity index is 728. The Morgan fingerprint density at radius 2 is 2.00 bits per heavy atom. The second kappa shape index (κ2) is 6.45. The molecule has 3 fully saturated rings. The van der Waals surface area contributed by atoms with E-state index in [0.29, 0.717) is 11.7 Å². The van der Waals surface area contributed by atoms with Crippen molar-refractivity contribution in [2.45, 2.75) is 18.9 Å². The van der Waals surface area contributed by atoms with Gasteiger partial charge in [0, 0.05) is 12.6 Å². The fourth-order valence-electron chi connectivity index (χ4n) is 3.30. The smallest absolute Gasteiger partial charge is 0.300 e. The number of nitrogens with one attached hydrogen (secondary N) is 1. The van der Waals surface area contributed by atoms with E-state index in [9.17, 15) is 9.18 Å². The number of nitrogens with zero attached hydrogens (tertiary/aromatic N) is 3. The van der Waals surface area contributed by atoms with Crippen molar-refractivity contribution in [3.8, 4) is 10.9 Å². The Balaban J connectivity index is 1.39. The fourth-order valence-corrected chi connectivity index (χ4v) is 3.92. The zero-order valence-electron chi connectivity index (χ0n) is 12.9. The predicted octanol–water partition coefficient (Wildman–Crippen LogP) is 2.29.